The maximum atomic E-state index is 12.4. The average molecular weight is 209 g/mol. The third kappa shape index (κ3) is 6.33. The zero-order valence-electron chi connectivity index (χ0n) is 8.01. The lowest BCUT2D eigenvalue weighted by atomic mass is 10.1. The monoisotopic (exact) mass is 209 g/mol. The number of carbonyl (C=O) groups is 2. The molecule has 82 valence electrons. The van der Waals surface area contributed by atoms with Gasteiger partial charge in [-0.2, -0.15) is 0 Å². The number of carbonyl (C=O) groups excluding carboxylic acids is 1. The van der Waals surface area contributed by atoms with Gasteiger partial charge in [0.1, 0.15) is 6.04 Å². The number of carboxylic acid groups (broad SMARTS) is 1. The van der Waals surface area contributed by atoms with Crippen molar-refractivity contribution in [3.8, 4) is 0 Å². The van der Waals surface area contributed by atoms with Gasteiger partial charge in [-0.05, 0) is 13.3 Å². The fourth-order valence-corrected chi connectivity index (χ4v) is 0.901. The molecule has 0 fully saturated rings. The Balaban J connectivity index is 4.11. The summed E-state index contributed by atoms with van der Waals surface area (Å²) in [5.74, 6) is -4.76. The van der Waals surface area contributed by atoms with Crippen molar-refractivity contribution in [2.24, 2.45) is 0 Å². The summed E-state index contributed by atoms with van der Waals surface area (Å²) >= 11 is 0. The number of hydrogen-bond donors (Lipinski definition) is 2. The Hall–Kier alpha value is -1.20. The van der Waals surface area contributed by atoms with Crippen molar-refractivity contribution in [1.29, 1.82) is 0 Å². The Kier molecular flexibility index (Phi) is 4.46. The zero-order chi connectivity index (χ0) is 11.4. The molecule has 14 heavy (non-hydrogen) atoms. The molecule has 0 aliphatic rings. The molecule has 6 heteroatoms. The number of amides is 1. The van der Waals surface area contributed by atoms with E-state index in [1.54, 1.807) is 0 Å². The van der Waals surface area contributed by atoms with Gasteiger partial charge in [0.15, 0.2) is 0 Å². The molecule has 0 aromatic heterocycles. The van der Waals surface area contributed by atoms with Crippen LogP contribution in [-0.4, -0.2) is 28.9 Å². The molecule has 0 aliphatic heterocycles. The van der Waals surface area contributed by atoms with Crippen LogP contribution >= 0.6 is 0 Å². The van der Waals surface area contributed by atoms with E-state index in [0.717, 1.165) is 6.92 Å². The molecule has 0 radical (unpaired) electrons. The summed E-state index contributed by atoms with van der Waals surface area (Å²) in [5.41, 5.74) is 0. The second kappa shape index (κ2) is 4.88. The second-order valence-corrected chi connectivity index (χ2v) is 3.20. The van der Waals surface area contributed by atoms with E-state index in [9.17, 15) is 18.4 Å². The van der Waals surface area contributed by atoms with Gasteiger partial charge in [-0.15, -0.1) is 0 Å². The van der Waals surface area contributed by atoms with E-state index in [-0.39, 0.29) is 6.42 Å². The first-order valence-corrected chi connectivity index (χ1v) is 4.10. The summed E-state index contributed by atoms with van der Waals surface area (Å²) in [6.07, 6.45) is -0.845. The highest BCUT2D eigenvalue weighted by atomic mass is 19.3. The smallest absolute Gasteiger partial charge is 0.326 e. The number of rotatable bonds is 5. The molecule has 0 rings (SSSR count). The van der Waals surface area contributed by atoms with Crippen LogP contribution in [0.4, 0.5) is 8.78 Å². The number of halogens is 2. The van der Waals surface area contributed by atoms with E-state index < -0.39 is 30.3 Å². The van der Waals surface area contributed by atoms with Crippen LogP contribution in [-0.2, 0) is 9.59 Å². The largest absolute Gasteiger partial charge is 0.480 e. The fourth-order valence-electron chi connectivity index (χ4n) is 0.901. The molecular formula is C8H13F2NO3. The summed E-state index contributed by atoms with van der Waals surface area (Å²) < 4.78 is 24.8. The van der Waals surface area contributed by atoms with Gasteiger partial charge in [0.25, 0.3) is 0 Å². The molecule has 0 aromatic carbocycles. The summed E-state index contributed by atoms with van der Waals surface area (Å²) in [7, 11) is 0. The minimum absolute atomic E-state index is 0.279. The van der Waals surface area contributed by atoms with Gasteiger partial charge in [-0.25, -0.2) is 13.6 Å². The van der Waals surface area contributed by atoms with Gasteiger partial charge in [0.05, 0.1) is 0 Å². The van der Waals surface area contributed by atoms with Gasteiger partial charge in [0.2, 0.25) is 11.8 Å². The molecule has 0 saturated carbocycles. The first-order valence-electron chi connectivity index (χ1n) is 4.10. The van der Waals surface area contributed by atoms with E-state index >= 15 is 0 Å². The number of hydrogen-bond acceptors (Lipinski definition) is 2. The Morgan fingerprint density at radius 1 is 1.50 bits per heavy atom. The quantitative estimate of drug-likeness (QED) is 0.710. The maximum absolute atomic E-state index is 12.4. The van der Waals surface area contributed by atoms with Gasteiger partial charge in [-0.3, -0.25) is 4.79 Å². The highest BCUT2D eigenvalue weighted by molar-refractivity contribution is 5.81. The lowest BCUT2D eigenvalue weighted by Gasteiger charge is -2.15. The molecule has 4 nitrogen and oxygen atoms in total. The number of carboxylic acids is 1. The number of aliphatic carboxylic acids is 1. The van der Waals surface area contributed by atoms with Crippen LogP contribution in [0.2, 0.25) is 0 Å². The van der Waals surface area contributed by atoms with Crippen molar-refractivity contribution in [2.45, 2.75) is 38.7 Å². The summed E-state index contributed by atoms with van der Waals surface area (Å²) in [6, 6.07) is -1.24. The standard InChI is InChI=1S/C8H13F2NO3/c1-5(12)11-6(7(13)14)3-4-8(2,9)10/h6H,3-4H2,1-2H3,(H,11,12)(H,13,14). The Morgan fingerprint density at radius 3 is 2.29 bits per heavy atom. The molecule has 0 aromatic rings. The molecule has 1 unspecified atom stereocenters. The SMILES string of the molecule is CC(=O)NC(CCC(C)(F)F)C(=O)O. The van der Waals surface area contributed by atoms with E-state index in [1.807, 2.05) is 0 Å². The Labute approximate surface area is 80.3 Å². The summed E-state index contributed by atoms with van der Waals surface area (Å²) in [6.45, 7) is 1.85. The summed E-state index contributed by atoms with van der Waals surface area (Å²) in [4.78, 5) is 21.0. The Bertz CT molecular complexity index is 225. The van der Waals surface area contributed by atoms with E-state index in [1.165, 1.54) is 0 Å². The first-order chi connectivity index (χ1) is 6.22. The molecule has 0 aliphatic carbocycles. The van der Waals surface area contributed by atoms with Gasteiger partial charge in [0, 0.05) is 13.3 Å². The predicted octanol–water partition coefficient (Wildman–Crippen LogP) is 1.01. The van der Waals surface area contributed by atoms with E-state index in [4.69, 9.17) is 5.11 Å². The van der Waals surface area contributed by atoms with Crippen molar-refractivity contribution in [3.63, 3.8) is 0 Å². The number of alkyl halides is 2. The lowest BCUT2D eigenvalue weighted by Crippen LogP contribution is -2.40. The highest BCUT2D eigenvalue weighted by Gasteiger charge is 2.26. The highest BCUT2D eigenvalue weighted by Crippen LogP contribution is 2.19. The molecule has 1 amide bonds. The van der Waals surface area contributed by atoms with Crippen molar-refractivity contribution in [3.05, 3.63) is 0 Å². The molecule has 2 N–H and O–H groups in total. The van der Waals surface area contributed by atoms with Crippen molar-refractivity contribution >= 4 is 11.9 Å². The molecule has 0 saturated heterocycles. The van der Waals surface area contributed by atoms with E-state index in [0.29, 0.717) is 6.92 Å². The minimum Gasteiger partial charge on any atom is -0.480 e. The predicted molar refractivity (Wildman–Crippen MR) is 45.1 cm³/mol. The third-order valence-electron chi connectivity index (χ3n) is 1.55. The zero-order valence-corrected chi connectivity index (χ0v) is 8.01. The van der Waals surface area contributed by atoms with E-state index in [2.05, 4.69) is 5.32 Å². The fraction of sp³-hybridized carbons (Fsp3) is 0.750. The molecular weight excluding hydrogens is 196 g/mol. The van der Waals surface area contributed by atoms with Gasteiger partial charge < -0.3 is 10.4 Å². The van der Waals surface area contributed by atoms with Crippen molar-refractivity contribution in [1.82, 2.24) is 5.32 Å². The minimum atomic E-state index is -2.91. The normalized spacial score (nSPS) is 13.4. The van der Waals surface area contributed by atoms with Crippen LogP contribution in [0.5, 0.6) is 0 Å². The maximum Gasteiger partial charge on any atom is 0.326 e. The average Bonchev–Trinajstić information content (AvgIpc) is 1.94. The topological polar surface area (TPSA) is 66.4 Å². The van der Waals surface area contributed by atoms with Gasteiger partial charge >= 0.3 is 5.97 Å². The van der Waals surface area contributed by atoms with Crippen LogP contribution in [0.1, 0.15) is 26.7 Å². The van der Waals surface area contributed by atoms with Crippen LogP contribution in [0.3, 0.4) is 0 Å². The van der Waals surface area contributed by atoms with Crippen molar-refractivity contribution < 1.29 is 23.5 Å². The van der Waals surface area contributed by atoms with Crippen molar-refractivity contribution in [2.75, 3.05) is 0 Å². The van der Waals surface area contributed by atoms with Crippen LogP contribution in [0.15, 0.2) is 0 Å². The molecule has 0 bridgehead atoms. The second-order valence-electron chi connectivity index (χ2n) is 3.20. The van der Waals surface area contributed by atoms with Crippen LogP contribution in [0, 0.1) is 0 Å². The molecule has 0 heterocycles. The first kappa shape index (κ1) is 12.8. The lowest BCUT2D eigenvalue weighted by molar-refractivity contribution is -0.142. The molecule has 1 atom stereocenters. The van der Waals surface area contributed by atoms with Crippen LogP contribution < -0.4 is 5.32 Å². The van der Waals surface area contributed by atoms with Crippen LogP contribution in [0.25, 0.3) is 0 Å². The Morgan fingerprint density at radius 2 is 2.00 bits per heavy atom. The number of nitrogens with one attached hydrogen (secondary N) is 1. The third-order valence-corrected chi connectivity index (χ3v) is 1.55. The van der Waals surface area contributed by atoms with Gasteiger partial charge in [-0.1, -0.05) is 0 Å². The summed E-state index contributed by atoms with van der Waals surface area (Å²) in [5, 5.41) is 10.6. The molecule has 0 spiro atoms.